The predicted octanol–water partition coefficient (Wildman–Crippen LogP) is 2.75. The molecule has 2 saturated heterocycles. The van der Waals surface area contributed by atoms with E-state index in [0.717, 1.165) is 5.56 Å². The zero-order valence-electron chi connectivity index (χ0n) is 22.7. The maximum atomic E-state index is 13.0. The van der Waals surface area contributed by atoms with Crippen LogP contribution in [0.5, 0.6) is 11.5 Å². The van der Waals surface area contributed by atoms with E-state index in [9.17, 15) is 9.90 Å². The van der Waals surface area contributed by atoms with Crippen molar-refractivity contribution in [1.29, 1.82) is 0 Å². The summed E-state index contributed by atoms with van der Waals surface area (Å²) in [6, 6.07) is 7.35. The molecular formula is C27H30N6O7. The Morgan fingerprint density at radius 2 is 2.05 bits per heavy atom. The summed E-state index contributed by atoms with van der Waals surface area (Å²) in [7, 11) is 4.99. The number of methoxy groups -OCH3 is 2. The molecule has 13 nitrogen and oxygen atoms in total. The molecule has 0 amide bonds. The topological polar surface area (TPSA) is 144 Å². The quantitative estimate of drug-likeness (QED) is 0.334. The lowest BCUT2D eigenvalue weighted by Crippen LogP contribution is -2.51. The average Bonchev–Trinajstić information content (AvgIpc) is 3.68. The average molecular weight is 551 g/mol. The van der Waals surface area contributed by atoms with Gasteiger partial charge >= 0.3 is 5.97 Å². The molecule has 0 radical (unpaired) electrons. The number of nitrogens with one attached hydrogen (secondary N) is 1. The zero-order chi connectivity index (χ0) is 28.2. The molecule has 40 heavy (non-hydrogen) atoms. The van der Waals surface area contributed by atoms with E-state index in [-0.39, 0.29) is 12.6 Å². The first-order valence-corrected chi connectivity index (χ1v) is 12.7. The molecule has 3 unspecified atom stereocenters. The maximum Gasteiger partial charge on any atom is 0.360 e. The van der Waals surface area contributed by atoms with Crippen molar-refractivity contribution in [2.24, 2.45) is 7.05 Å². The van der Waals surface area contributed by atoms with Crippen LogP contribution in [0.4, 0.5) is 5.95 Å². The highest BCUT2D eigenvalue weighted by Crippen LogP contribution is 2.46. The summed E-state index contributed by atoms with van der Waals surface area (Å²) in [6.07, 6.45) is 3.66. The van der Waals surface area contributed by atoms with E-state index in [1.165, 1.54) is 4.57 Å². The Labute approximate surface area is 229 Å². The fourth-order valence-corrected chi connectivity index (χ4v) is 5.35. The lowest BCUT2D eigenvalue weighted by atomic mass is 10.0. The van der Waals surface area contributed by atoms with Gasteiger partial charge in [-0.3, -0.25) is 9.25 Å². The number of anilines is 1. The highest BCUT2D eigenvalue weighted by atomic mass is 16.8. The number of rotatable bonds is 8. The fourth-order valence-electron chi connectivity index (χ4n) is 5.35. The number of aliphatic carboxylic acids is 1. The van der Waals surface area contributed by atoms with E-state index in [2.05, 4.69) is 15.4 Å². The van der Waals surface area contributed by atoms with E-state index in [1.807, 2.05) is 31.4 Å². The van der Waals surface area contributed by atoms with Gasteiger partial charge in [-0.2, -0.15) is 10.1 Å². The molecule has 3 atom stereocenters. The largest absolute Gasteiger partial charge is 0.497 e. The van der Waals surface area contributed by atoms with Crippen molar-refractivity contribution in [1.82, 2.24) is 24.3 Å². The van der Waals surface area contributed by atoms with Crippen LogP contribution in [-0.2, 0) is 38.3 Å². The fraction of sp³-hybridized carbons (Fsp3) is 0.407. The van der Waals surface area contributed by atoms with E-state index < -0.39 is 29.7 Å². The highest BCUT2D eigenvalue weighted by molar-refractivity contribution is 5.94. The Bertz CT molecular complexity index is 1600. The molecule has 2 aliphatic heterocycles. The minimum atomic E-state index is -1.92. The summed E-state index contributed by atoms with van der Waals surface area (Å²) in [6.45, 7) is 3.90. The van der Waals surface area contributed by atoms with Gasteiger partial charge in [-0.15, -0.1) is 0 Å². The van der Waals surface area contributed by atoms with Crippen LogP contribution in [0.15, 0.2) is 42.9 Å². The Balaban J connectivity index is 1.45. The molecule has 6 rings (SSSR count). The van der Waals surface area contributed by atoms with E-state index in [1.54, 1.807) is 51.2 Å². The predicted molar refractivity (Wildman–Crippen MR) is 142 cm³/mol. The van der Waals surface area contributed by atoms with Crippen molar-refractivity contribution in [2.75, 3.05) is 26.1 Å². The summed E-state index contributed by atoms with van der Waals surface area (Å²) >= 11 is 0. The Kier molecular flexibility index (Phi) is 6.16. The number of fused-ring (bicyclic) bond motifs is 2. The van der Waals surface area contributed by atoms with Gasteiger partial charge in [0.2, 0.25) is 5.95 Å². The smallest absolute Gasteiger partial charge is 0.360 e. The molecule has 0 bridgehead atoms. The molecule has 3 aromatic heterocycles. The third-order valence-corrected chi connectivity index (χ3v) is 7.17. The van der Waals surface area contributed by atoms with Crippen LogP contribution in [0.3, 0.4) is 0 Å². The normalized spacial score (nSPS) is 23.3. The molecule has 5 heterocycles. The summed E-state index contributed by atoms with van der Waals surface area (Å²) in [5, 5.41) is 19.0. The third kappa shape index (κ3) is 4.13. The molecule has 210 valence electrons. The standard InChI is InChI=1S/C27H30N6O7/c1-26(2)39-21-14-38-27(24(34)35,22(21)40-26)33-13-18(19-8-9-32(3)31-19)17-12-29-25(30-23(17)33)28-11-15-6-7-16(36-4)10-20(15)37-5/h6-10,12-13,21-22H,11,14H2,1-5H3,(H,34,35)(H,28,29,30). The molecule has 2 fully saturated rings. The number of hydrogen-bond donors (Lipinski definition) is 2. The highest BCUT2D eigenvalue weighted by Gasteiger charge is 2.65. The first-order valence-electron chi connectivity index (χ1n) is 12.7. The molecule has 0 aliphatic carbocycles. The van der Waals surface area contributed by atoms with Crippen LogP contribution in [0.1, 0.15) is 19.4 Å². The van der Waals surface area contributed by atoms with E-state index >= 15 is 0 Å². The molecule has 1 aromatic carbocycles. The molecule has 0 saturated carbocycles. The number of aryl methyl sites for hydroxylation is 1. The van der Waals surface area contributed by atoms with Gasteiger partial charge in [-0.25, -0.2) is 9.78 Å². The Morgan fingerprint density at radius 3 is 2.75 bits per heavy atom. The molecule has 2 N–H and O–H groups in total. The van der Waals surface area contributed by atoms with Crippen LogP contribution < -0.4 is 14.8 Å². The van der Waals surface area contributed by atoms with Gasteiger partial charge in [0, 0.05) is 54.8 Å². The number of hydrogen-bond acceptors (Lipinski definition) is 10. The van der Waals surface area contributed by atoms with Gasteiger partial charge in [0.05, 0.1) is 26.5 Å². The first kappa shape index (κ1) is 26.0. The third-order valence-electron chi connectivity index (χ3n) is 7.17. The van der Waals surface area contributed by atoms with Crippen LogP contribution in [0.2, 0.25) is 0 Å². The molecular weight excluding hydrogens is 520 g/mol. The number of carboxylic acids is 1. The summed E-state index contributed by atoms with van der Waals surface area (Å²) in [5.41, 5.74) is 0.576. The molecule has 4 aromatic rings. The minimum absolute atomic E-state index is 0.0481. The molecule has 0 spiro atoms. The van der Waals surface area contributed by atoms with Gasteiger partial charge < -0.3 is 34.1 Å². The summed E-state index contributed by atoms with van der Waals surface area (Å²) < 4.78 is 32.0. The van der Waals surface area contributed by atoms with Crippen LogP contribution in [0, 0.1) is 0 Å². The second-order valence-electron chi connectivity index (χ2n) is 10.2. The lowest BCUT2D eigenvalue weighted by molar-refractivity contribution is -0.223. The van der Waals surface area contributed by atoms with Crippen molar-refractivity contribution in [3.63, 3.8) is 0 Å². The summed E-state index contributed by atoms with van der Waals surface area (Å²) in [4.78, 5) is 22.3. The number of nitrogens with zero attached hydrogens (tertiary/aromatic N) is 5. The monoisotopic (exact) mass is 550 g/mol. The second-order valence-corrected chi connectivity index (χ2v) is 10.2. The van der Waals surface area contributed by atoms with Gasteiger partial charge in [0.15, 0.2) is 5.79 Å². The van der Waals surface area contributed by atoms with E-state index in [0.29, 0.717) is 40.3 Å². The van der Waals surface area contributed by atoms with Crippen molar-refractivity contribution >= 4 is 23.0 Å². The second kappa shape index (κ2) is 9.47. The van der Waals surface area contributed by atoms with Gasteiger partial charge in [0.25, 0.3) is 5.72 Å². The SMILES string of the molecule is COc1ccc(CNc2ncc3c(-c4ccn(C)n4)cn(C4(C(=O)O)OCC5OC(C)(C)OC54)c3n2)c(OC)c1. The Morgan fingerprint density at radius 1 is 1.23 bits per heavy atom. The van der Waals surface area contributed by atoms with Gasteiger partial charge in [-0.1, -0.05) is 0 Å². The van der Waals surface area contributed by atoms with Crippen LogP contribution in [0.25, 0.3) is 22.3 Å². The number of ether oxygens (including phenoxy) is 5. The zero-order valence-corrected chi connectivity index (χ0v) is 22.7. The number of carboxylic acid groups (broad SMARTS) is 1. The number of aromatic nitrogens is 5. The maximum absolute atomic E-state index is 13.0. The van der Waals surface area contributed by atoms with Crippen LogP contribution >= 0.6 is 0 Å². The summed E-state index contributed by atoms with van der Waals surface area (Å²) in [5.74, 6) is -0.581. The van der Waals surface area contributed by atoms with Crippen molar-refractivity contribution in [2.45, 2.75) is 44.1 Å². The first-order chi connectivity index (χ1) is 19.1. The van der Waals surface area contributed by atoms with Crippen molar-refractivity contribution < 1.29 is 33.6 Å². The van der Waals surface area contributed by atoms with Gasteiger partial charge in [0.1, 0.15) is 29.4 Å². The number of benzene rings is 1. The van der Waals surface area contributed by atoms with E-state index in [4.69, 9.17) is 28.7 Å². The van der Waals surface area contributed by atoms with Crippen molar-refractivity contribution in [3.05, 3.63) is 48.4 Å². The molecule has 13 heteroatoms. The van der Waals surface area contributed by atoms with Gasteiger partial charge in [-0.05, 0) is 32.0 Å². The molecule has 2 aliphatic rings. The van der Waals surface area contributed by atoms with Crippen molar-refractivity contribution in [3.8, 4) is 22.8 Å². The number of carbonyl (C=O) groups is 1. The lowest BCUT2D eigenvalue weighted by Gasteiger charge is -2.31. The minimum Gasteiger partial charge on any atom is -0.497 e. The Hall–Kier alpha value is -4.20. The van der Waals surface area contributed by atoms with Crippen LogP contribution in [-0.4, -0.2) is 74.2 Å².